The number of hydrogen-bond donors (Lipinski definition) is 2. The van der Waals surface area contributed by atoms with E-state index < -0.39 is 11.3 Å². The van der Waals surface area contributed by atoms with E-state index in [1.165, 1.54) is 24.4 Å². The van der Waals surface area contributed by atoms with E-state index in [4.69, 9.17) is 10.5 Å². The molecule has 33 heavy (non-hydrogen) atoms. The van der Waals surface area contributed by atoms with E-state index in [0.717, 1.165) is 25.2 Å². The zero-order valence-corrected chi connectivity index (χ0v) is 18.9. The molecule has 7 nitrogen and oxygen atoms in total. The summed E-state index contributed by atoms with van der Waals surface area (Å²) >= 11 is 0. The normalized spacial score (nSPS) is 13.7. The molecule has 9 heteroatoms. The Morgan fingerprint density at radius 3 is 2.48 bits per heavy atom. The summed E-state index contributed by atoms with van der Waals surface area (Å²) in [5, 5.41) is 2.22. The third kappa shape index (κ3) is 5.62. The molecule has 3 N–H and O–H groups in total. The minimum atomic E-state index is -0.739. The second-order valence-corrected chi connectivity index (χ2v) is 8.75. The van der Waals surface area contributed by atoms with Crippen molar-refractivity contribution in [3.63, 3.8) is 0 Å². The largest absolute Gasteiger partial charge is 0.499 e. The third-order valence-corrected chi connectivity index (χ3v) is 5.76. The van der Waals surface area contributed by atoms with Crippen LogP contribution in [0.2, 0.25) is 0 Å². The zero-order valence-electron chi connectivity index (χ0n) is 18.9. The van der Waals surface area contributed by atoms with Crippen LogP contribution < -0.4 is 15.8 Å². The third-order valence-electron chi connectivity index (χ3n) is 5.76. The number of nitrogens with two attached hydrogens (primary N) is 1. The SMILES string of the molecule is BC(B)(Oc1cncc(C(N)=O)c1)c1cccc(NC(=O)c2ccc(CN3CCC3)cc2)c1. The van der Waals surface area contributed by atoms with Crippen molar-refractivity contribution in [2.75, 3.05) is 18.4 Å². The molecule has 2 amide bonds. The van der Waals surface area contributed by atoms with Crippen LogP contribution in [0.1, 0.15) is 38.3 Å². The molecule has 1 aliphatic rings. The smallest absolute Gasteiger partial charge is 0.255 e. The van der Waals surface area contributed by atoms with E-state index >= 15 is 0 Å². The number of rotatable bonds is 8. The Labute approximate surface area is 195 Å². The van der Waals surface area contributed by atoms with E-state index in [0.29, 0.717) is 17.0 Å². The number of benzene rings is 2. The molecular formula is C24H26B2N4O3. The van der Waals surface area contributed by atoms with Crippen LogP contribution in [0.25, 0.3) is 0 Å². The Kier molecular flexibility index (Phi) is 6.51. The molecule has 0 spiro atoms. The summed E-state index contributed by atoms with van der Waals surface area (Å²) in [6, 6.07) is 16.8. The van der Waals surface area contributed by atoms with Crippen molar-refractivity contribution >= 4 is 33.2 Å². The summed E-state index contributed by atoms with van der Waals surface area (Å²) in [4.78, 5) is 30.6. The average molecular weight is 440 g/mol. The van der Waals surface area contributed by atoms with E-state index in [2.05, 4.69) is 15.2 Å². The number of pyridine rings is 1. The lowest BCUT2D eigenvalue weighted by Crippen LogP contribution is -2.36. The van der Waals surface area contributed by atoms with Crippen LogP contribution in [0.4, 0.5) is 5.69 Å². The fourth-order valence-corrected chi connectivity index (χ4v) is 3.70. The predicted molar refractivity (Wildman–Crippen MR) is 133 cm³/mol. The maximum atomic E-state index is 12.8. The molecule has 1 saturated heterocycles. The van der Waals surface area contributed by atoms with Gasteiger partial charge in [0.1, 0.15) is 5.75 Å². The van der Waals surface area contributed by atoms with Gasteiger partial charge < -0.3 is 15.8 Å². The number of nitrogens with zero attached hydrogens (tertiary/aromatic N) is 2. The lowest BCUT2D eigenvalue weighted by Gasteiger charge is -2.30. The molecular weight excluding hydrogens is 414 g/mol. The summed E-state index contributed by atoms with van der Waals surface area (Å²) in [6.07, 6.45) is 4.19. The van der Waals surface area contributed by atoms with Crippen LogP contribution in [0.3, 0.4) is 0 Å². The van der Waals surface area contributed by atoms with Crippen LogP contribution in [-0.2, 0) is 11.9 Å². The van der Waals surface area contributed by atoms with Crippen molar-refractivity contribution in [1.29, 1.82) is 0 Å². The van der Waals surface area contributed by atoms with Crippen molar-refractivity contribution in [2.24, 2.45) is 5.73 Å². The van der Waals surface area contributed by atoms with Gasteiger partial charge in [0, 0.05) is 24.0 Å². The summed E-state index contributed by atoms with van der Waals surface area (Å²) in [7, 11) is 3.81. The Bertz CT molecular complexity index is 1160. The van der Waals surface area contributed by atoms with Crippen molar-refractivity contribution < 1.29 is 14.3 Å². The number of ether oxygens (including phenoxy) is 1. The Balaban J connectivity index is 1.43. The van der Waals surface area contributed by atoms with Gasteiger partial charge in [0.2, 0.25) is 5.91 Å². The second-order valence-electron chi connectivity index (χ2n) is 8.75. The Morgan fingerprint density at radius 1 is 1.06 bits per heavy atom. The highest BCUT2D eigenvalue weighted by molar-refractivity contribution is 6.39. The topological polar surface area (TPSA) is 97.5 Å². The van der Waals surface area contributed by atoms with E-state index in [1.54, 1.807) is 6.07 Å². The standard InChI is InChI=1S/C24H26B2N4O3/c25-24(26,33-21-11-18(22(27)31)13-28-14-21)19-3-1-4-20(12-19)29-23(32)17-7-5-16(6-8-17)15-30-9-2-10-30/h1,3-8,11-14H,2,9-10,15,25-26H2,(H2,27,31)(H,29,32). The zero-order chi connectivity index (χ0) is 23.4. The fourth-order valence-electron chi connectivity index (χ4n) is 3.70. The van der Waals surface area contributed by atoms with Gasteiger partial charge in [-0.15, -0.1) is 0 Å². The van der Waals surface area contributed by atoms with Crippen molar-refractivity contribution in [3.05, 3.63) is 89.2 Å². The number of amides is 2. The van der Waals surface area contributed by atoms with Gasteiger partial charge in [0.05, 0.1) is 17.2 Å². The van der Waals surface area contributed by atoms with Gasteiger partial charge in [-0.1, -0.05) is 24.3 Å². The van der Waals surface area contributed by atoms with Crippen molar-refractivity contribution in [1.82, 2.24) is 9.88 Å². The number of carbonyl (C=O) groups is 2. The van der Waals surface area contributed by atoms with Gasteiger partial charge in [-0.05, 0) is 61.0 Å². The van der Waals surface area contributed by atoms with E-state index in [-0.39, 0.29) is 11.5 Å². The van der Waals surface area contributed by atoms with Crippen molar-refractivity contribution in [3.8, 4) is 5.75 Å². The molecule has 3 aromatic rings. The van der Waals surface area contributed by atoms with Crippen LogP contribution in [0, 0.1) is 0 Å². The molecule has 1 aromatic heterocycles. The summed E-state index contributed by atoms with van der Waals surface area (Å²) in [5.74, 6) is -0.298. The molecule has 4 rings (SSSR count). The number of nitrogens with one attached hydrogen (secondary N) is 1. The second kappa shape index (κ2) is 9.50. The molecule has 1 aliphatic heterocycles. The number of aromatic nitrogens is 1. The molecule has 166 valence electrons. The summed E-state index contributed by atoms with van der Waals surface area (Å²) in [5.41, 5.74) is 8.96. The first kappa shape index (κ1) is 22.6. The Hall–Kier alpha value is -3.58. The maximum Gasteiger partial charge on any atom is 0.255 e. The number of likely N-dealkylation sites (tertiary alicyclic amines) is 1. The lowest BCUT2D eigenvalue weighted by molar-refractivity contribution is 0.0996. The highest BCUT2D eigenvalue weighted by atomic mass is 16.5. The molecule has 0 atom stereocenters. The van der Waals surface area contributed by atoms with Gasteiger partial charge in [0.15, 0.2) is 15.7 Å². The van der Waals surface area contributed by atoms with E-state index in [1.807, 2.05) is 64.2 Å². The molecule has 0 bridgehead atoms. The average Bonchev–Trinajstić information content (AvgIpc) is 2.77. The highest BCUT2D eigenvalue weighted by Crippen LogP contribution is 2.25. The van der Waals surface area contributed by atoms with Crippen LogP contribution in [-0.4, -0.2) is 50.5 Å². The molecule has 2 aromatic carbocycles. The van der Waals surface area contributed by atoms with Crippen LogP contribution in [0.15, 0.2) is 67.0 Å². The van der Waals surface area contributed by atoms with Gasteiger partial charge in [-0.25, -0.2) is 0 Å². The maximum absolute atomic E-state index is 12.8. The molecule has 2 heterocycles. The van der Waals surface area contributed by atoms with Crippen molar-refractivity contribution in [2.45, 2.75) is 18.4 Å². The van der Waals surface area contributed by atoms with Crippen LogP contribution in [0.5, 0.6) is 5.75 Å². The van der Waals surface area contributed by atoms with E-state index in [9.17, 15) is 9.59 Å². The lowest BCUT2D eigenvalue weighted by atomic mass is 9.61. The molecule has 0 aliphatic carbocycles. The predicted octanol–water partition coefficient (Wildman–Crippen LogP) is 1.09. The van der Waals surface area contributed by atoms with Crippen LogP contribution >= 0.6 is 0 Å². The van der Waals surface area contributed by atoms with Gasteiger partial charge in [0.25, 0.3) is 5.91 Å². The molecule has 0 radical (unpaired) electrons. The number of hydrogen-bond acceptors (Lipinski definition) is 5. The van der Waals surface area contributed by atoms with Gasteiger partial charge in [-0.2, -0.15) is 0 Å². The first-order chi connectivity index (χ1) is 15.8. The summed E-state index contributed by atoms with van der Waals surface area (Å²) in [6.45, 7) is 3.22. The van der Waals surface area contributed by atoms with Gasteiger partial charge in [-0.3, -0.25) is 19.5 Å². The number of carbonyl (C=O) groups excluding carboxylic acids is 2. The van der Waals surface area contributed by atoms with Gasteiger partial charge >= 0.3 is 0 Å². The molecule has 0 saturated carbocycles. The minimum absolute atomic E-state index is 0.167. The molecule has 0 unspecified atom stereocenters. The number of anilines is 1. The highest BCUT2D eigenvalue weighted by Gasteiger charge is 2.24. The monoisotopic (exact) mass is 440 g/mol. The first-order valence-corrected chi connectivity index (χ1v) is 11.0. The fraction of sp³-hybridized carbons (Fsp3) is 0.208. The Morgan fingerprint density at radius 2 is 1.82 bits per heavy atom. The minimum Gasteiger partial charge on any atom is -0.499 e. The number of primary amides is 1. The molecule has 1 fully saturated rings. The quantitative estimate of drug-likeness (QED) is 0.512. The summed E-state index contributed by atoms with van der Waals surface area (Å²) < 4.78 is 6.10. The first-order valence-electron chi connectivity index (χ1n) is 11.0.